The van der Waals surface area contributed by atoms with E-state index in [2.05, 4.69) is 5.32 Å². The molecule has 21 heavy (non-hydrogen) atoms. The number of methoxy groups -OCH3 is 1. The lowest BCUT2D eigenvalue weighted by molar-refractivity contribution is -0.142. The van der Waals surface area contributed by atoms with E-state index in [9.17, 15) is 9.59 Å². The van der Waals surface area contributed by atoms with Gasteiger partial charge < -0.3 is 15.2 Å². The maximum absolute atomic E-state index is 12.1. The number of benzene rings is 1. The second kappa shape index (κ2) is 8.42. The van der Waals surface area contributed by atoms with Crippen molar-refractivity contribution in [3.8, 4) is 0 Å². The summed E-state index contributed by atoms with van der Waals surface area (Å²) in [5.41, 5.74) is 1.42. The van der Waals surface area contributed by atoms with Crippen molar-refractivity contribution in [2.24, 2.45) is 11.8 Å². The van der Waals surface area contributed by atoms with Crippen molar-refractivity contribution in [3.05, 3.63) is 35.4 Å². The molecule has 1 unspecified atom stereocenters. The van der Waals surface area contributed by atoms with Crippen LogP contribution in [0.3, 0.4) is 0 Å². The summed E-state index contributed by atoms with van der Waals surface area (Å²) in [6.45, 7) is 4.50. The molecule has 0 aliphatic rings. The first-order chi connectivity index (χ1) is 9.93. The number of hydrogen-bond acceptors (Lipinski definition) is 3. The predicted molar refractivity (Wildman–Crippen MR) is 80.1 cm³/mol. The van der Waals surface area contributed by atoms with E-state index in [1.165, 1.54) is 0 Å². The normalized spacial score (nSPS) is 12.2. The monoisotopic (exact) mass is 293 g/mol. The van der Waals surface area contributed by atoms with Crippen LogP contribution in [0.5, 0.6) is 0 Å². The molecule has 0 radical (unpaired) electrons. The summed E-state index contributed by atoms with van der Waals surface area (Å²) < 4.78 is 5.03. The minimum absolute atomic E-state index is 0.140. The molecular formula is C16H23NO4. The second-order valence-electron chi connectivity index (χ2n) is 5.51. The van der Waals surface area contributed by atoms with Gasteiger partial charge in [0.2, 0.25) is 0 Å². The van der Waals surface area contributed by atoms with Gasteiger partial charge in [-0.15, -0.1) is 0 Å². The zero-order valence-electron chi connectivity index (χ0n) is 12.8. The number of aliphatic carboxylic acids is 1. The summed E-state index contributed by atoms with van der Waals surface area (Å²) in [7, 11) is 1.59. The Hall–Kier alpha value is -1.88. The van der Waals surface area contributed by atoms with Crippen LogP contribution in [-0.2, 0) is 16.1 Å². The van der Waals surface area contributed by atoms with Gasteiger partial charge in [0, 0.05) is 19.2 Å². The first kappa shape index (κ1) is 17.2. The number of carbonyl (C=O) groups is 2. The van der Waals surface area contributed by atoms with Gasteiger partial charge in [0.05, 0.1) is 12.5 Å². The molecule has 5 heteroatoms. The molecular weight excluding hydrogens is 270 g/mol. The highest BCUT2D eigenvalue weighted by Crippen LogP contribution is 2.12. The van der Waals surface area contributed by atoms with Crippen molar-refractivity contribution in [3.63, 3.8) is 0 Å². The molecule has 116 valence electrons. The van der Waals surface area contributed by atoms with Crippen molar-refractivity contribution in [1.82, 2.24) is 5.32 Å². The fourth-order valence-corrected chi connectivity index (χ4v) is 2.13. The molecule has 0 bridgehead atoms. The zero-order chi connectivity index (χ0) is 15.8. The highest BCUT2D eigenvalue weighted by Gasteiger charge is 2.20. The van der Waals surface area contributed by atoms with Crippen molar-refractivity contribution in [2.75, 3.05) is 13.7 Å². The lowest BCUT2D eigenvalue weighted by Crippen LogP contribution is -2.33. The summed E-state index contributed by atoms with van der Waals surface area (Å²) in [6, 6.07) is 7.11. The van der Waals surface area contributed by atoms with E-state index in [4.69, 9.17) is 9.84 Å². The molecule has 1 aromatic rings. The third kappa shape index (κ3) is 5.95. The molecule has 0 heterocycles. The lowest BCUT2D eigenvalue weighted by atomic mass is 9.97. The average Bonchev–Trinajstić information content (AvgIpc) is 2.43. The van der Waals surface area contributed by atoms with Gasteiger partial charge in [0.25, 0.3) is 5.91 Å². The summed E-state index contributed by atoms with van der Waals surface area (Å²) >= 11 is 0. The Bertz CT molecular complexity index is 485. The Balaban J connectivity index is 2.63. The molecule has 0 aliphatic heterocycles. The molecule has 1 atom stereocenters. The van der Waals surface area contributed by atoms with Gasteiger partial charge in [-0.05, 0) is 30.0 Å². The third-order valence-corrected chi connectivity index (χ3v) is 3.11. The zero-order valence-corrected chi connectivity index (χ0v) is 12.8. The highest BCUT2D eigenvalue weighted by molar-refractivity contribution is 5.94. The largest absolute Gasteiger partial charge is 0.481 e. The van der Waals surface area contributed by atoms with Crippen LogP contribution in [0.25, 0.3) is 0 Å². The van der Waals surface area contributed by atoms with E-state index in [1.54, 1.807) is 25.3 Å². The van der Waals surface area contributed by atoms with E-state index in [0.717, 1.165) is 5.56 Å². The van der Waals surface area contributed by atoms with E-state index in [-0.39, 0.29) is 18.4 Å². The van der Waals surface area contributed by atoms with Gasteiger partial charge in [-0.1, -0.05) is 26.0 Å². The minimum Gasteiger partial charge on any atom is -0.481 e. The molecule has 0 spiro atoms. The van der Waals surface area contributed by atoms with Crippen LogP contribution in [0.15, 0.2) is 24.3 Å². The summed E-state index contributed by atoms with van der Waals surface area (Å²) in [5.74, 6) is -1.43. The van der Waals surface area contributed by atoms with Crippen molar-refractivity contribution in [1.29, 1.82) is 0 Å². The topological polar surface area (TPSA) is 75.6 Å². The summed E-state index contributed by atoms with van der Waals surface area (Å²) in [6.07, 6.45) is 0.541. The van der Waals surface area contributed by atoms with E-state index in [1.807, 2.05) is 19.9 Å². The number of carboxylic acid groups (broad SMARTS) is 1. The molecule has 1 aromatic carbocycles. The maximum atomic E-state index is 12.1. The van der Waals surface area contributed by atoms with Gasteiger partial charge in [-0.2, -0.15) is 0 Å². The Morgan fingerprint density at radius 3 is 2.62 bits per heavy atom. The SMILES string of the molecule is COCc1cccc(C(=O)NCC(CC(C)C)C(=O)O)c1. The van der Waals surface area contributed by atoms with E-state index < -0.39 is 11.9 Å². The molecule has 0 aliphatic carbocycles. The number of amides is 1. The van der Waals surface area contributed by atoms with Crippen molar-refractivity contribution >= 4 is 11.9 Å². The molecule has 0 saturated carbocycles. The molecule has 1 rings (SSSR count). The fourth-order valence-electron chi connectivity index (χ4n) is 2.13. The van der Waals surface area contributed by atoms with Crippen LogP contribution in [0, 0.1) is 11.8 Å². The lowest BCUT2D eigenvalue weighted by Gasteiger charge is -2.15. The minimum atomic E-state index is -0.878. The second-order valence-corrected chi connectivity index (χ2v) is 5.51. The molecule has 0 aromatic heterocycles. The number of hydrogen-bond donors (Lipinski definition) is 2. The Labute approximate surface area is 125 Å². The number of carboxylic acids is 1. The Morgan fingerprint density at radius 2 is 2.05 bits per heavy atom. The molecule has 0 saturated heterocycles. The van der Waals surface area contributed by atoms with Crippen molar-refractivity contribution in [2.45, 2.75) is 26.9 Å². The van der Waals surface area contributed by atoms with Gasteiger partial charge in [0.1, 0.15) is 0 Å². The van der Waals surface area contributed by atoms with Crippen LogP contribution in [0.2, 0.25) is 0 Å². The highest BCUT2D eigenvalue weighted by atomic mass is 16.5. The molecule has 2 N–H and O–H groups in total. The molecule has 0 fully saturated rings. The van der Waals surface area contributed by atoms with Gasteiger partial charge in [0.15, 0.2) is 0 Å². The van der Waals surface area contributed by atoms with Crippen LogP contribution >= 0.6 is 0 Å². The number of carbonyl (C=O) groups excluding carboxylic acids is 1. The third-order valence-electron chi connectivity index (χ3n) is 3.11. The van der Waals surface area contributed by atoms with Gasteiger partial charge in [-0.25, -0.2) is 0 Å². The van der Waals surface area contributed by atoms with Crippen molar-refractivity contribution < 1.29 is 19.4 Å². The first-order valence-electron chi connectivity index (χ1n) is 7.03. The molecule has 1 amide bonds. The van der Waals surface area contributed by atoms with Crippen LogP contribution < -0.4 is 5.32 Å². The smallest absolute Gasteiger partial charge is 0.308 e. The van der Waals surface area contributed by atoms with Gasteiger partial charge in [-0.3, -0.25) is 9.59 Å². The maximum Gasteiger partial charge on any atom is 0.308 e. The fraction of sp³-hybridized carbons (Fsp3) is 0.500. The number of rotatable bonds is 8. The van der Waals surface area contributed by atoms with Crippen LogP contribution in [-0.4, -0.2) is 30.6 Å². The standard InChI is InChI=1S/C16H23NO4/c1-11(2)7-14(16(19)20)9-17-15(18)13-6-4-5-12(8-13)10-21-3/h4-6,8,11,14H,7,9-10H2,1-3H3,(H,17,18)(H,19,20). The Morgan fingerprint density at radius 1 is 1.33 bits per heavy atom. The molecule has 5 nitrogen and oxygen atoms in total. The van der Waals surface area contributed by atoms with Crippen LogP contribution in [0.1, 0.15) is 36.2 Å². The number of ether oxygens (including phenoxy) is 1. The van der Waals surface area contributed by atoms with E-state index in [0.29, 0.717) is 18.6 Å². The first-order valence-corrected chi connectivity index (χ1v) is 7.03. The summed E-state index contributed by atoms with van der Waals surface area (Å²) in [4.78, 5) is 23.2. The predicted octanol–water partition coefficient (Wildman–Crippen LogP) is 2.31. The average molecular weight is 293 g/mol. The summed E-state index contributed by atoms with van der Waals surface area (Å²) in [5, 5.41) is 11.8. The van der Waals surface area contributed by atoms with Crippen LogP contribution in [0.4, 0.5) is 0 Å². The van der Waals surface area contributed by atoms with Gasteiger partial charge >= 0.3 is 5.97 Å². The Kier molecular flexibility index (Phi) is 6.88. The quantitative estimate of drug-likeness (QED) is 0.771. The number of nitrogens with one attached hydrogen (secondary N) is 1. The van der Waals surface area contributed by atoms with E-state index >= 15 is 0 Å².